The molecular weight excluding hydrogens is 252 g/mol. The summed E-state index contributed by atoms with van der Waals surface area (Å²) in [6.07, 6.45) is 0. The number of nitrogens with one attached hydrogen (secondary N) is 1. The van der Waals surface area contributed by atoms with Crippen LogP contribution in [0.3, 0.4) is 0 Å². The van der Waals surface area contributed by atoms with E-state index in [1.54, 1.807) is 6.92 Å². The van der Waals surface area contributed by atoms with Crippen molar-refractivity contribution in [2.45, 2.75) is 6.92 Å². The van der Waals surface area contributed by atoms with Gasteiger partial charge in [0.2, 0.25) is 0 Å². The summed E-state index contributed by atoms with van der Waals surface area (Å²) < 4.78 is 0. The van der Waals surface area contributed by atoms with Crippen molar-refractivity contribution in [3.05, 3.63) is 41.3 Å². The number of imidazole rings is 1. The molecule has 6 heteroatoms. The second kappa shape index (κ2) is 4.45. The number of benzene rings is 1. The molecule has 1 aromatic carbocycles. The fourth-order valence-electron chi connectivity index (χ4n) is 1.96. The van der Waals surface area contributed by atoms with Crippen LogP contribution < -0.4 is 0 Å². The van der Waals surface area contributed by atoms with Crippen LogP contribution in [0, 0.1) is 29.6 Å². The normalized spacial score (nSPS) is 10.2. The molecule has 0 fully saturated rings. The first kappa shape index (κ1) is 11.8. The lowest BCUT2D eigenvalue weighted by Gasteiger charge is -2.02. The molecule has 94 valence electrons. The number of hydrogen-bond donors (Lipinski definition) is 1. The summed E-state index contributed by atoms with van der Waals surface area (Å²) in [4.78, 5) is 15.8. The fourth-order valence-corrected chi connectivity index (χ4v) is 1.96. The summed E-state index contributed by atoms with van der Waals surface area (Å²) in [5.74, 6) is 0.539. The fraction of sp³-hybridized carbons (Fsp3) is 0.0714. The number of H-pyrrole nitrogens is 1. The Labute approximate surface area is 114 Å². The van der Waals surface area contributed by atoms with E-state index < -0.39 is 0 Å². The monoisotopic (exact) mass is 260 g/mol. The standard InChI is InChI=1S/C14H8N6/c1-8-13(18-12(7-16)11(6-15)17-8)14-19-9-4-2-3-5-10(9)20-14/h2-5H,1H3,(H,19,20). The molecule has 0 spiro atoms. The molecule has 0 saturated carbocycles. The lowest BCUT2D eigenvalue weighted by atomic mass is 10.2. The van der Waals surface area contributed by atoms with Gasteiger partial charge in [-0.3, -0.25) is 0 Å². The highest BCUT2D eigenvalue weighted by atomic mass is 15.0. The van der Waals surface area contributed by atoms with E-state index in [-0.39, 0.29) is 11.4 Å². The number of aryl methyl sites for hydroxylation is 1. The van der Waals surface area contributed by atoms with Gasteiger partial charge in [0.05, 0.1) is 16.7 Å². The molecule has 2 heterocycles. The molecule has 0 aliphatic heterocycles. The number of rotatable bonds is 1. The van der Waals surface area contributed by atoms with E-state index in [0.717, 1.165) is 11.0 Å². The molecule has 3 aromatic rings. The predicted octanol–water partition coefficient (Wildman–Crippen LogP) is 2.07. The number of hydrogen-bond acceptors (Lipinski definition) is 5. The Morgan fingerprint density at radius 1 is 1.00 bits per heavy atom. The quantitative estimate of drug-likeness (QED) is 0.721. The maximum absolute atomic E-state index is 9.02. The van der Waals surface area contributed by atoms with E-state index in [2.05, 4.69) is 19.9 Å². The van der Waals surface area contributed by atoms with Gasteiger partial charge in [-0.2, -0.15) is 10.5 Å². The van der Waals surface area contributed by atoms with Gasteiger partial charge in [-0.25, -0.2) is 15.0 Å². The number of aromatic amines is 1. The molecule has 0 aliphatic carbocycles. The number of nitrogens with zero attached hydrogens (tertiary/aromatic N) is 5. The van der Waals surface area contributed by atoms with Gasteiger partial charge < -0.3 is 4.98 Å². The van der Waals surface area contributed by atoms with Crippen molar-refractivity contribution >= 4 is 11.0 Å². The summed E-state index contributed by atoms with van der Waals surface area (Å²) >= 11 is 0. The molecule has 0 radical (unpaired) electrons. The highest BCUT2D eigenvalue weighted by molar-refractivity contribution is 5.78. The third-order valence-corrected chi connectivity index (χ3v) is 2.90. The number of fused-ring (bicyclic) bond motifs is 1. The van der Waals surface area contributed by atoms with Crippen molar-refractivity contribution in [3.63, 3.8) is 0 Å². The number of para-hydroxylation sites is 2. The first-order valence-corrected chi connectivity index (χ1v) is 5.87. The maximum atomic E-state index is 9.02. The van der Waals surface area contributed by atoms with Crippen molar-refractivity contribution in [3.8, 4) is 23.7 Å². The third-order valence-electron chi connectivity index (χ3n) is 2.90. The zero-order chi connectivity index (χ0) is 14.1. The molecule has 0 bridgehead atoms. The van der Waals surface area contributed by atoms with E-state index in [9.17, 15) is 0 Å². The summed E-state index contributed by atoms with van der Waals surface area (Å²) in [5.41, 5.74) is 2.77. The average molecular weight is 260 g/mol. The lowest BCUT2D eigenvalue weighted by Crippen LogP contribution is -2.01. The first-order valence-electron chi connectivity index (χ1n) is 5.87. The molecule has 2 aromatic heterocycles. The van der Waals surface area contributed by atoms with Crippen molar-refractivity contribution in [1.82, 2.24) is 19.9 Å². The molecule has 3 rings (SSSR count). The van der Waals surface area contributed by atoms with Gasteiger partial charge in [0.25, 0.3) is 0 Å². The van der Waals surface area contributed by atoms with E-state index in [1.165, 1.54) is 0 Å². The maximum Gasteiger partial charge on any atom is 0.177 e. The van der Waals surface area contributed by atoms with Crippen molar-refractivity contribution in [2.75, 3.05) is 0 Å². The van der Waals surface area contributed by atoms with Crippen LogP contribution in [-0.4, -0.2) is 19.9 Å². The Kier molecular flexibility index (Phi) is 2.63. The minimum absolute atomic E-state index is 0.00792. The zero-order valence-electron chi connectivity index (χ0n) is 10.5. The van der Waals surface area contributed by atoms with E-state index >= 15 is 0 Å². The second-order valence-corrected chi connectivity index (χ2v) is 4.18. The van der Waals surface area contributed by atoms with Gasteiger partial charge in [0.1, 0.15) is 17.8 Å². The van der Waals surface area contributed by atoms with Crippen LogP contribution in [-0.2, 0) is 0 Å². The van der Waals surface area contributed by atoms with Gasteiger partial charge in [-0.1, -0.05) is 12.1 Å². The Hall–Kier alpha value is -3.25. The number of nitriles is 2. The molecule has 0 atom stereocenters. The molecule has 0 amide bonds. The zero-order valence-corrected chi connectivity index (χ0v) is 10.5. The lowest BCUT2D eigenvalue weighted by molar-refractivity contribution is 1.06. The summed E-state index contributed by atoms with van der Waals surface area (Å²) in [6, 6.07) is 11.3. The largest absolute Gasteiger partial charge is 0.337 e. The topological polar surface area (TPSA) is 102 Å². The summed E-state index contributed by atoms with van der Waals surface area (Å²) in [7, 11) is 0. The average Bonchev–Trinajstić information content (AvgIpc) is 2.90. The van der Waals surface area contributed by atoms with Crippen molar-refractivity contribution < 1.29 is 0 Å². The Balaban J connectivity index is 2.24. The molecule has 6 nitrogen and oxygen atoms in total. The van der Waals surface area contributed by atoms with Crippen LogP contribution in [0.15, 0.2) is 24.3 Å². The van der Waals surface area contributed by atoms with Crippen molar-refractivity contribution in [1.29, 1.82) is 10.5 Å². The van der Waals surface area contributed by atoms with Crippen LogP contribution in [0.1, 0.15) is 17.1 Å². The van der Waals surface area contributed by atoms with Crippen LogP contribution >= 0.6 is 0 Å². The van der Waals surface area contributed by atoms with Crippen LogP contribution in [0.2, 0.25) is 0 Å². The summed E-state index contributed by atoms with van der Waals surface area (Å²) in [5, 5.41) is 17.9. The Morgan fingerprint density at radius 3 is 2.40 bits per heavy atom. The van der Waals surface area contributed by atoms with Gasteiger partial charge >= 0.3 is 0 Å². The van der Waals surface area contributed by atoms with Crippen LogP contribution in [0.25, 0.3) is 22.6 Å². The molecular formula is C14H8N6. The van der Waals surface area contributed by atoms with E-state index in [1.807, 2.05) is 36.4 Å². The first-order chi connectivity index (χ1) is 9.72. The minimum atomic E-state index is 0.00792. The van der Waals surface area contributed by atoms with Gasteiger partial charge in [0.15, 0.2) is 17.2 Å². The Morgan fingerprint density at radius 2 is 1.70 bits per heavy atom. The molecule has 0 unspecified atom stereocenters. The van der Waals surface area contributed by atoms with Gasteiger partial charge in [0, 0.05) is 0 Å². The van der Waals surface area contributed by atoms with E-state index in [0.29, 0.717) is 17.2 Å². The van der Waals surface area contributed by atoms with Gasteiger partial charge in [-0.05, 0) is 19.1 Å². The summed E-state index contributed by atoms with van der Waals surface area (Å²) in [6.45, 7) is 1.73. The van der Waals surface area contributed by atoms with E-state index in [4.69, 9.17) is 10.5 Å². The number of aromatic nitrogens is 4. The molecule has 1 N–H and O–H groups in total. The predicted molar refractivity (Wildman–Crippen MR) is 71.3 cm³/mol. The minimum Gasteiger partial charge on any atom is -0.337 e. The molecule has 20 heavy (non-hydrogen) atoms. The van der Waals surface area contributed by atoms with Crippen molar-refractivity contribution in [2.24, 2.45) is 0 Å². The Bertz CT molecular complexity index is 861. The van der Waals surface area contributed by atoms with Crippen LogP contribution in [0.5, 0.6) is 0 Å². The highest BCUT2D eigenvalue weighted by Crippen LogP contribution is 2.21. The smallest absolute Gasteiger partial charge is 0.177 e. The molecule has 0 saturated heterocycles. The SMILES string of the molecule is Cc1nc(C#N)c(C#N)nc1-c1nc2ccccc2[nH]1. The molecule has 0 aliphatic rings. The third kappa shape index (κ3) is 1.76. The second-order valence-electron chi connectivity index (χ2n) is 4.18. The highest BCUT2D eigenvalue weighted by Gasteiger charge is 2.15. The van der Waals surface area contributed by atoms with Crippen LogP contribution in [0.4, 0.5) is 0 Å². The van der Waals surface area contributed by atoms with Gasteiger partial charge in [-0.15, -0.1) is 0 Å².